The van der Waals surface area contributed by atoms with Gasteiger partial charge in [-0.1, -0.05) is 68.8 Å². The van der Waals surface area contributed by atoms with E-state index in [2.05, 4.69) is 49.4 Å². The summed E-state index contributed by atoms with van der Waals surface area (Å²) in [5.74, 6) is 0.181. The second kappa shape index (κ2) is 7.31. The van der Waals surface area contributed by atoms with Crippen molar-refractivity contribution < 1.29 is 5.11 Å². The van der Waals surface area contributed by atoms with Gasteiger partial charge >= 0.3 is 0 Å². The molecule has 3 N–H and O–H groups in total. The molecule has 2 nitrogen and oxygen atoms in total. The second-order valence-electron chi connectivity index (χ2n) is 6.13. The summed E-state index contributed by atoms with van der Waals surface area (Å²) in [5.41, 5.74) is 7.45. The maximum atomic E-state index is 10.5. The summed E-state index contributed by atoms with van der Waals surface area (Å²) in [6.07, 6.45) is 0.384. The zero-order chi connectivity index (χ0) is 15.7. The first-order valence-electron chi connectivity index (χ1n) is 7.97. The normalized spacial score (nSPS) is 15.1. The van der Waals surface area contributed by atoms with E-state index in [1.807, 2.05) is 19.1 Å². The van der Waals surface area contributed by atoms with E-state index in [0.29, 0.717) is 0 Å². The van der Waals surface area contributed by atoms with Gasteiger partial charge in [-0.3, -0.25) is 0 Å². The highest BCUT2D eigenvalue weighted by atomic mass is 35.5. The first-order valence-corrected chi connectivity index (χ1v) is 7.97. The Morgan fingerprint density at radius 1 is 0.957 bits per heavy atom. The van der Waals surface area contributed by atoms with E-state index in [4.69, 9.17) is 5.73 Å². The fourth-order valence-electron chi connectivity index (χ4n) is 3.14. The molecule has 0 radical (unpaired) electrons. The monoisotopic (exact) mass is 329 g/mol. The van der Waals surface area contributed by atoms with Gasteiger partial charge in [0.1, 0.15) is 0 Å². The van der Waals surface area contributed by atoms with Crippen molar-refractivity contribution in [2.24, 2.45) is 11.7 Å². The number of nitrogens with two attached hydrogens (primary N) is 1. The standard InChI is InChI=1S/C20H23NO.ClH/c1-3-13(2)20(22)19(21)18-12-14-8-4-5-9-15(14)16-10-6-7-11-17(16)18;/h4-13,19-20,22H,3,21H2,1-2H3;1H/t13?,19-,20+;/m1./s1. The summed E-state index contributed by atoms with van der Waals surface area (Å²) < 4.78 is 0. The molecule has 0 bridgehead atoms. The molecular formula is C20H24ClNO. The van der Waals surface area contributed by atoms with Gasteiger partial charge in [-0.25, -0.2) is 0 Å². The van der Waals surface area contributed by atoms with Crippen molar-refractivity contribution in [3.05, 3.63) is 60.2 Å². The molecule has 3 atom stereocenters. The van der Waals surface area contributed by atoms with Crippen LogP contribution >= 0.6 is 12.4 Å². The van der Waals surface area contributed by atoms with Crippen LogP contribution in [0.15, 0.2) is 54.6 Å². The number of aliphatic hydroxyl groups is 1. The molecule has 0 aliphatic heterocycles. The third kappa shape index (κ3) is 3.20. The predicted octanol–water partition coefficient (Wildman–Crippen LogP) is 4.82. The molecular weight excluding hydrogens is 306 g/mol. The van der Waals surface area contributed by atoms with E-state index in [-0.39, 0.29) is 24.4 Å². The van der Waals surface area contributed by atoms with Gasteiger partial charge in [0, 0.05) is 0 Å². The van der Waals surface area contributed by atoms with Crippen LogP contribution in [0.25, 0.3) is 21.5 Å². The molecule has 1 unspecified atom stereocenters. The van der Waals surface area contributed by atoms with E-state index in [1.165, 1.54) is 16.2 Å². The van der Waals surface area contributed by atoms with Crippen molar-refractivity contribution in [1.82, 2.24) is 0 Å². The molecule has 0 aliphatic carbocycles. The number of hydrogen-bond donors (Lipinski definition) is 2. The Morgan fingerprint density at radius 3 is 2.17 bits per heavy atom. The highest BCUT2D eigenvalue weighted by Crippen LogP contribution is 2.33. The third-order valence-electron chi connectivity index (χ3n) is 4.75. The minimum Gasteiger partial charge on any atom is -0.391 e. The molecule has 3 rings (SSSR count). The molecule has 0 heterocycles. The summed E-state index contributed by atoms with van der Waals surface area (Å²) in [7, 11) is 0. The quantitative estimate of drug-likeness (QED) is 0.674. The van der Waals surface area contributed by atoms with Crippen LogP contribution in [0, 0.1) is 5.92 Å². The van der Waals surface area contributed by atoms with Crippen LogP contribution in [0.3, 0.4) is 0 Å². The molecule has 23 heavy (non-hydrogen) atoms. The average molecular weight is 330 g/mol. The number of fused-ring (bicyclic) bond motifs is 3. The Kier molecular flexibility index (Phi) is 5.64. The lowest BCUT2D eigenvalue weighted by Gasteiger charge is -2.26. The second-order valence-corrected chi connectivity index (χ2v) is 6.13. The van der Waals surface area contributed by atoms with Gasteiger partial charge in [-0.15, -0.1) is 12.4 Å². The lowest BCUT2D eigenvalue weighted by atomic mass is 9.87. The van der Waals surface area contributed by atoms with Crippen LogP contribution in [0.4, 0.5) is 0 Å². The Morgan fingerprint density at radius 2 is 1.52 bits per heavy atom. The van der Waals surface area contributed by atoms with Crippen LogP contribution < -0.4 is 5.73 Å². The number of aliphatic hydroxyl groups excluding tert-OH is 1. The van der Waals surface area contributed by atoms with Gasteiger partial charge in [0.2, 0.25) is 0 Å². The topological polar surface area (TPSA) is 46.2 Å². The van der Waals surface area contributed by atoms with Crippen molar-refractivity contribution in [3.63, 3.8) is 0 Å². The van der Waals surface area contributed by atoms with Crippen LogP contribution in [0.2, 0.25) is 0 Å². The number of halogens is 1. The molecule has 3 heteroatoms. The molecule has 0 spiro atoms. The molecule has 0 aliphatic rings. The SMILES string of the molecule is CCC(C)[C@H](O)[C@H](N)c1cc2ccccc2c2ccccc12.Cl. The molecule has 3 aromatic carbocycles. The van der Waals surface area contributed by atoms with Crippen LogP contribution in [0.1, 0.15) is 31.9 Å². The molecule has 0 saturated heterocycles. The van der Waals surface area contributed by atoms with Gasteiger partial charge in [-0.2, -0.15) is 0 Å². The third-order valence-corrected chi connectivity index (χ3v) is 4.75. The van der Waals surface area contributed by atoms with E-state index in [1.54, 1.807) is 0 Å². The molecule has 122 valence electrons. The van der Waals surface area contributed by atoms with Gasteiger partial charge in [0.05, 0.1) is 12.1 Å². The largest absolute Gasteiger partial charge is 0.391 e. The van der Waals surface area contributed by atoms with Gasteiger partial charge in [0.15, 0.2) is 0 Å². The maximum Gasteiger partial charge on any atom is 0.0758 e. The summed E-state index contributed by atoms with van der Waals surface area (Å²) in [5, 5.41) is 15.3. The van der Waals surface area contributed by atoms with Crippen molar-refractivity contribution in [2.45, 2.75) is 32.4 Å². The van der Waals surface area contributed by atoms with E-state index in [9.17, 15) is 5.11 Å². The van der Waals surface area contributed by atoms with Crippen molar-refractivity contribution in [3.8, 4) is 0 Å². The lowest BCUT2D eigenvalue weighted by Crippen LogP contribution is -2.31. The number of benzene rings is 3. The number of hydrogen-bond acceptors (Lipinski definition) is 2. The van der Waals surface area contributed by atoms with E-state index in [0.717, 1.165) is 17.4 Å². The van der Waals surface area contributed by atoms with Crippen molar-refractivity contribution >= 4 is 34.0 Å². The van der Waals surface area contributed by atoms with Crippen LogP contribution in [0.5, 0.6) is 0 Å². The Balaban J connectivity index is 0.00000192. The summed E-state index contributed by atoms with van der Waals surface area (Å²) in [6.45, 7) is 4.13. The van der Waals surface area contributed by atoms with Crippen LogP contribution in [-0.2, 0) is 0 Å². The van der Waals surface area contributed by atoms with Gasteiger partial charge < -0.3 is 10.8 Å². The Bertz CT molecular complexity index is 802. The van der Waals surface area contributed by atoms with E-state index >= 15 is 0 Å². The highest BCUT2D eigenvalue weighted by molar-refractivity contribution is 6.09. The Labute approximate surface area is 143 Å². The predicted molar refractivity (Wildman–Crippen MR) is 101 cm³/mol. The van der Waals surface area contributed by atoms with Crippen LogP contribution in [-0.4, -0.2) is 11.2 Å². The first-order chi connectivity index (χ1) is 10.6. The smallest absolute Gasteiger partial charge is 0.0758 e. The Hall–Kier alpha value is -1.61. The molecule has 3 aromatic rings. The minimum absolute atomic E-state index is 0. The zero-order valence-electron chi connectivity index (χ0n) is 13.6. The zero-order valence-corrected chi connectivity index (χ0v) is 14.4. The van der Waals surface area contributed by atoms with Crippen molar-refractivity contribution in [2.75, 3.05) is 0 Å². The molecule has 0 saturated carbocycles. The molecule has 0 amide bonds. The fraction of sp³-hybridized carbons (Fsp3) is 0.300. The van der Waals surface area contributed by atoms with Crippen molar-refractivity contribution in [1.29, 1.82) is 0 Å². The van der Waals surface area contributed by atoms with E-state index < -0.39 is 6.10 Å². The lowest BCUT2D eigenvalue weighted by molar-refractivity contribution is 0.0885. The highest BCUT2D eigenvalue weighted by Gasteiger charge is 2.23. The summed E-state index contributed by atoms with van der Waals surface area (Å²) in [6, 6.07) is 18.4. The number of rotatable bonds is 4. The first kappa shape index (κ1) is 17.7. The summed E-state index contributed by atoms with van der Waals surface area (Å²) in [4.78, 5) is 0. The molecule has 0 aromatic heterocycles. The average Bonchev–Trinajstić information content (AvgIpc) is 2.59. The van der Waals surface area contributed by atoms with Gasteiger partial charge in [-0.05, 0) is 39.1 Å². The van der Waals surface area contributed by atoms with Gasteiger partial charge in [0.25, 0.3) is 0 Å². The minimum atomic E-state index is -0.533. The maximum absolute atomic E-state index is 10.5. The molecule has 0 fully saturated rings. The fourth-order valence-corrected chi connectivity index (χ4v) is 3.14. The summed E-state index contributed by atoms with van der Waals surface area (Å²) >= 11 is 0.